The van der Waals surface area contributed by atoms with Crippen LogP contribution < -0.4 is 10.9 Å². The summed E-state index contributed by atoms with van der Waals surface area (Å²) in [4.78, 5) is 21.4. The average Bonchev–Trinajstić information content (AvgIpc) is 2.42. The Bertz CT molecular complexity index is 422. The molecule has 20 heavy (non-hydrogen) atoms. The third-order valence-corrected chi connectivity index (χ3v) is 2.91. The Labute approximate surface area is 117 Å². The fourth-order valence-corrected chi connectivity index (χ4v) is 1.75. The van der Waals surface area contributed by atoms with Crippen molar-refractivity contribution in [2.24, 2.45) is 5.92 Å². The van der Waals surface area contributed by atoms with Gasteiger partial charge in [-0.2, -0.15) is 0 Å². The monoisotopic (exact) mass is 280 g/mol. The van der Waals surface area contributed by atoms with Gasteiger partial charge in [0.1, 0.15) is 0 Å². The number of carboxylic acids is 2. The van der Waals surface area contributed by atoms with E-state index in [2.05, 4.69) is 10.9 Å². The van der Waals surface area contributed by atoms with Crippen LogP contribution in [-0.4, -0.2) is 35.2 Å². The van der Waals surface area contributed by atoms with Gasteiger partial charge in [-0.3, -0.25) is 20.4 Å². The number of hydrazine groups is 1. The van der Waals surface area contributed by atoms with Crippen molar-refractivity contribution in [3.05, 3.63) is 35.9 Å². The lowest BCUT2D eigenvalue weighted by molar-refractivity contribution is -0.142. The molecule has 0 saturated carbocycles. The average molecular weight is 280 g/mol. The molecule has 0 radical (unpaired) electrons. The number of carbonyl (C=O) groups is 2. The predicted octanol–water partition coefficient (Wildman–Crippen LogP) is 0.889. The third-order valence-electron chi connectivity index (χ3n) is 2.91. The van der Waals surface area contributed by atoms with Crippen LogP contribution in [0.3, 0.4) is 0 Å². The fraction of sp³-hybridized carbons (Fsp3) is 0.429. The highest BCUT2D eigenvalue weighted by molar-refractivity contribution is 5.70. The quantitative estimate of drug-likeness (QED) is 0.375. The van der Waals surface area contributed by atoms with E-state index in [1.165, 1.54) is 0 Å². The van der Waals surface area contributed by atoms with Gasteiger partial charge in [-0.15, -0.1) is 0 Å². The van der Waals surface area contributed by atoms with Crippen molar-refractivity contribution in [3.8, 4) is 0 Å². The molecule has 0 amide bonds. The van der Waals surface area contributed by atoms with E-state index in [9.17, 15) is 9.59 Å². The van der Waals surface area contributed by atoms with Crippen LogP contribution in [0.15, 0.2) is 30.3 Å². The molecule has 4 N–H and O–H groups in total. The van der Waals surface area contributed by atoms with Gasteiger partial charge in [0, 0.05) is 13.1 Å². The molecule has 1 aromatic carbocycles. The molecule has 0 saturated heterocycles. The minimum absolute atomic E-state index is 0.00520. The van der Waals surface area contributed by atoms with Crippen LogP contribution in [-0.2, 0) is 16.0 Å². The van der Waals surface area contributed by atoms with E-state index in [1.54, 1.807) is 0 Å². The topological polar surface area (TPSA) is 98.7 Å². The zero-order chi connectivity index (χ0) is 14.8. The maximum absolute atomic E-state index is 11.1. The summed E-state index contributed by atoms with van der Waals surface area (Å²) in [5.74, 6) is -2.25. The molecule has 1 unspecified atom stereocenters. The lowest BCUT2D eigenvalue weighted by Crippen LogP contribution is -2.39. The zero-order valence-electron chi connectivity index (χ0n) is 11.2. The van der Waals surface area contributed by atoms with Crippen LogP contribution in [0.5, 0.6) is 0 Å². The van der Waals surface area contributed by atoms with Crippen molar-refractivity contribution in [1.29, 1.82) is 0 Å². The summed E-state index contributed by atoms with van der Waals surface area (Å²) in [5, 5.41) is 17.6. The Morgan fingerprint density at radius 2 is 1.80 bits per heavy atom. The summed E-state index contributed by atoms with van der Waals surface area (Å²) in [6.45, 7) is 0.530. The predicted molar refractivity (Wildman–Crippen MR) is 74.1 cm³/mol. The third kappa shape index (κ3) is 6.86. The Morgan fingerprint density at radius 3 is 2.40 bits per heavy atom. The SMILES string of the molecule is O=C(O)CCNNCC(CCc1ccccc1)C(=O)O. The molecule has 6 heteroatoms. The number of hydrogen-bond donors (Lipinski definition) is 4. The molecule has 1 atom stereocenters. The van der Waals surface area contributed by atoms with Crippen LogP contribution in [0.25, 0.3) is 0 Å². The molecule has 0 heterocycles. The van der Waals surface area contributed by atoms with Gasteiger partial charge >= 0.3 is 11.9 Å². The molecule has 1 aromatic rings. The Morgan fingerprint density at radius 1 is 1.10 bits per heavy atom. The molecule has 6 nitrogen and oxygen atoms in total. The van der Waals surface area contributed by atoms with E-state index in [0.717, 1.165) is 5.56 Å². The molecular formula is C14H20N2O4. The fourth-order valence-electron chi connectivity index (χ4n) is 1.75. The Kier molecular flexibility index (Phi) is 7.31. The van der Waals surface area contributed by atoms with E-state index < -0.39 is 17.9 Å². The highest BCUT2D eigenvalue weighted by atomic mass is 16.4. The van der Waals surface area contributed by atoms with Gasteiger partial charge in [-0.05, 0) is 18.4 Å². The number of rotatable bonds is 10. The van der Waals surface area contributed by atoms with Gasteiger partial charge in [0.2, 0.25) is 0 Å². The largest absolute Gasteiger partial charge is 0.481 e. The number of benzene rings is 1. The summed E-state index contributed by atoms with van der Waals surface area (Å²) in [6, 6.07) is 9.72. The smallest absolute Gasteiger partial charge is 0.307 e. The van der Waals surface area contributed by atoms with Crippen LogP contribution in [0.4, 0.5) is 0 Å². The molecule has 0 fully saturated rings. The van der Waals surface area contributed by atoms with Gasteiger partial charge in [0.05, 0.1) is 12.3 Å². The molecule has 0 aliphatic rings. The number of carboxylic acid groups (broad SMARTS) is 2. The molecule has 0 aliphatic heterocycles. The summed E-state index contributed by atoms with van der Waals surface area (Å²) in [7, 11) is 0. The number of hydrogen-bond acceptors (Lipinski definition) is 4. The van der Waals surface area contributed by atoms with Crippen molar-refractivity contribution in [2.75, 3.05) is 13.1 Å². The van der Waals surface area contributed by atoms with E-state index >= 15 is 0 Å². The first-order valence-corrected chi connectivity index (χ1v) is 6.54. The summed E-state index contributed by atoms with van der Waals surface area (Å²) in [6.07, 6.45) is 1.23. The lowest BCUT2D eigenvalue weighted by Gasteiger charge is -2.13. The number of aryl methyl sites for hydroxylation is 1. The maximum Gasteiger partial charge on any atom is 0.307 e. The van der Waals surface area contributed by atoms with Gasteiger partial charge in [0.25, 0.3) is 0 Å². The van der Waals surface area contributed by atoms with Crippen molar-refractivity contribution in [1.82, 2.24) is 10.9 Å². The minimum Gasteiger partial charge on any atom is -0.481 e. The first-order chi connectivity index (χ1) is 9.59. The van der Waals surface area contributed by atoms with Gasteiger partial charge in [-0.1, -0.05) is 30.3 Å². The zero-order valence-corrected chi connectivity index (χ0v) is 11.2. The Balaban J connectivity index is 2.26. The van der Waals surface area contributed by atoms with E-state index in [1.807, 2.05) is 30.3 Å². The lowest BCUT2D eigenvalue weighted by atomic mass is 10.00. The van der Waals surface area contributed by atoms with Crippen molar-refractivity contribution in [3.63, 3.8) is 0 Å². The maximum atomic E-state index is 11.1. The second-order valence-corrected chi connectivity index (χ2v) is 4.51. The second kappa shape index (κ2) is 9.06. The van der Waals surface area contributed by atoms with Crippen LogP contribution in [0.1, 0.15) is 18.4 Å². The molecule has 0 bridgehead atoms. The molecular weight excluding hydrogens is 260 g/mol. The standard InChI is InChI=1S/C14H20N2O4/c17-13(18)8-9-15-16-10-12(14(19)20)7-6-11-4-2-1-3-5-11/h1-5,12,15-16H,6-10H2,(H,17,18)(H,19,20). The van der Waals surface area contributed by atoms with Crippen LogP contribution in [0, 0.1) is 5.92 Å². The normalized spacial score (nSPS) is 12.0. The van der Waals surface area contributed by atoms with E-state index in [-0.39, 0.29) is 19.5 Å². The molecule has 0 aliphatic carbocycles. The first kappa shape index (κ1) is 16.1. The number of nitrogens with one attached hydrogen (secondary N) is 2. The van der Waals surface area contributed by atoms with E-state index in [0.29, 0.717) is 12.8 Å². The van der Waals surface area contributed by atoms with Crippen molar-refractivity contribution < 1.29 is 19.8 Å². The summed E-state index contributed by atoms with van der Waals surface area (Å²) < 4.78 is 0. The van der Waals surface area contributed by atoms with Crippen molar-refractivity contribution >= 4 is 11.9 Å². The second-order valence-electron chi connectivity index (χ2n) is 4.51. The van der Waals surface area contributed by atoms with Crippen molar-refractivity contribution in [2.45, 2.75) is 19.3 Å². The summed E-state index contributed by atoms with van der Waals surface area (Å²) in [5.41, 5.74) is 6.58. The van der Waals surface area contributed by atoms with Crippen LogP contribution in [0.2, 0.25) is 0 Å². The summed E-state index contributed by atoms with van der Waals surface area (Å²) >= 11 is 0. The molecule has 0 aromatic heterocycles. The number of aliphatic carboxylic acids is 2. The minimum atomic E-state index is -0.891. The molecule has 0 spiro atoms. The van der Waals surface area contributed by atoms with Gasteiger partial charge in [-0.25, -0.2) is 0 Å². The molecule has 1 rings (SSSR count). The molecule has 110 valence electrons. The van der Waals surface area contributed by atoms with Crippen LogP contribution >= 0.6 is 0 Å². The van der Waals surface area contributed by atoms with Gasteiger partial charge in [0.15, 0.2) is 0 Å². The highest BCUT2D eigenvalue weighted by Gasteiger charge is 2.16. The highest BCUT2D eigenvalue weighted by Crippen LogP contribution is 2.09. The van der Waals surface area contributed by atoms with Gasteiger partial charge < -0.3 is 10.2 Å². The Hall–Kier alpha value is -1.92. The first-order valence-electron chi connectivity index (χ1n) is 6.54. The van der Waals surface area contributed by atoms with E-state index in [4.69, 9.17) is 10.2 Å².